The van der Waals surface area contributed by atoms with Gasteiger partial charge in [-0.15, -0.1) is 0 Å². The largest absolute Gasteiger partial charge is 0.295 e. The van der Waals surface area contributed by atoms with Gasteiger partial charge in [0, 0.05) is 5.92 Å². The summed E-state index contributed by atoms with van der Waals surface area (Å²) in [6.07, 6.45) is 2.79. The van der Waals surface area contributed by atoms with Crippen LogP contribution in [0.1, 0.15) is 31.7 Å². The van der Waals surface area contributed by atoms with Crippen molar-refractivity contribution in [1.82, 2.24) is 0 Å². The molecule has 2 atom stereocenters. The van der Waals surface area contributed by atoms with Gasteiger partial charge in [-0.05, 0) is 37.8 Å². The molecular formula is C14H16O. The third-order valence-electron chi connectivity index (χ3n) is 2.81. The van der Waals surface area contributed by atoms with Crippen LogP contribution in [0.4, 0.5) is 0 Å². The van der Waals surface area contributed by atoms with Gasteiger partial charge in [-0.1, -0.05) is 35.9 Å². The number of hydrogen-bond acceptors (Lipinski definition) is 1. The van der Waals surface area contributed by atoms with E-state index >= 15 is 0 Å². The molecule has 0 aromatic heterocycles. The molecule has 0 aliphatic heterocycles. The normalized spacial score (nSPS) is 23.3. The lowest BCUT2D eigenvalue weighted by atomic mass is 10.1. The van der Waals surface area contributed by atoms with Gasteiger partial charge < -0.3 is 0 Å². The van der Waals surface area contributed by atoms with E-state index in [0.29, 0.717) is 11.7 Å². The van der Waals surface area contributed by atoms with Gasteiger partial charge in [-0.25, -0.2) is 0 Å². The lowest BCUT2D eigenvalue weighted by molar-refractivity contribution is -0.115. The summed E-state index contributed by atoms with van der Waals surface area (Å²) >= 11 is 0. The van der Waals surface area contributed by atoms with Crippen LogP contribution in [0.3, 0.4) is 0 Å². The molecule has 1 heteroatoms. The van der Waals surface area contributed by atoms with Crippen molar-refractivity contribution in [3.63, 3.8) is 0 Å². The molecule has 1 aromatic rings. The molecule has 1 aliphatic carbocycles. The third kappa shape index (κ3) is 2.35. The predicted octanol–water partition coefficient (Wildman–Crippen LogP) is 3.33. The van der Waals surface area contributed by atoms with Gasteiger partial charge in [0.05, 0.1) is 0 Å². The van der Waals surface area contributed by atoms with E-state index in [1.807, 2.05) is 32.0 Å². The zero-order valence-electron chi connectivity index (χ0n) is 9.23. The molecule has 0 heterocycles. The van der Waals surface area contributed by atoms with Gasteiger partial charge in [-0.3, -0.25) is 4.79 Å². The van der Waals surface area contributed by atoms with Crippen molar-refractivity contribution in [1.29, 1.82) is 0 Å². The quantitative estimate of drug-likeness (QED) is 0.684. The Morgan fingerprint density at radius 3 is 2.53 bits per heavy atom. The van der Waals surface area contributed by atoms with E-state index in [0.717, 1.165) is 12.0 Å². The molecule has 1 saturated carbocycles. The SMILES string of the molecule is CC(C)=CC(=O)[C@@H]1C[C@H]1c1ccccc1. The van der Waals surface area contributed by atoms with Gasteiger partial charge in [0.2, 0.25) is 0 Å². The summed E-state index contributed by atoms with van der Waals surface area (Å²) in [7, 11) is 0. The van der Waals surface area contributed by atoms with Crippen molar-refractivity contribution in [2.45, 2.75) is 26.2 Å². The fourth-order valence-electron chi connectivity index (χ4n) is 1.97. The minimum atomic E-state index is 0.238. The Hall–Kier alpha value is -1.37. The van der Waals surface area contributed by atoms with Gasteiger partial charge >= 0.3 is 0 Å². The Morgan fingerprint density at radius 2 is 1.93 bits per heavy atom. The van der Waals surface area contributed by atoms with Gasteiger partial charge in [-0.2, -0.15) is 0 Å². The van der Waals surface area contributed by atoms with E-state index in [1.165, 1.54) is 5.56 Å². The maximum Gasteiger partial charge on any atom is 0.159 e. The van der Waals surface area contributed by atoms with E-state index in [9.17, 15) is 4.79 Å². The van der Waals surface area contributed by atoms with Crippen molar-refractivity contribution in [3.8, 4) is 0 Å². The molecule has 78 valence electrons. The second-order valence-electron chi connectivity index (χ2n) is 4.48. The molecule has 1 nitrogen and oxygen atoms in total. The molecule has 0 unspecified atom stereocenters. The van der Waals surface area contributed by atoms with Crippen LogP contribution in [0.25, 0.3) is 0 Å². The maximum atomic E-state index is 11.7. The Kier molecular flexibility index (Phi) is 2.72. The van der Waals surface area contributed by atoms with E-state index < -0.39 is 0 Å². The molecule has 15 heavy (non-hydrogen) atoms. The average Bonchev–Trinajstić information content (AvgIpc) is 2.97. The monoisotopic (exact) mass is 200 g/mol. The summed E-state index contributed by atoms with van der Waals surface area (Å²) < 4.78 is 0. The zero-order chi connectivity index (χ0) is 10.8. The summed E-state index contributed by atoms with van der Waals surface area (Å²) in [4.78, 5) is 11.7. The van der Waals surface area contributed by atoms with E-state index in [1.54, 1.807) is 6.08 Å². The number of allylic oxidation sites excluding steroid dienone is 2. The lowest BCUT2D eigenvalue weighted by Crippen LogP contribution is -1.98. The molecule has 2 rings (SSSR count). The first-order chi connectivity index (χ1) is 7.18. The van der Waals surface area contributed by atoms with E-state index in [4.69, 9.17) is 0 Å². The molecule has 0 spiro atoms. The van der Waals surface area contributed by atoms with Gasteiger partial charge in [0.1, 0.15) is 0 Å². The highest BCUT2D eigenvalue weighted by Gasteiger charge is 2.42. The highest BCUT2D eigenvalue weighted by Crippen LogP contribution is 2.48. The average molecular weight is 200 g/mol. The van der Waals surface area contributed by atoms with Crippen LogP contribution in [-0.4, -0.2) is 5.78 Å². The van der Waals surface area contributed by atoms with Crippen molar-refractivity contribution in [2.75, 3.05) is 0 Å². The van der Waals surface area contributed by atoms with Crippen molar-refractivity contribution in [3.05, 3.63) is 47.5 Å². The molecule has 1 aromatic carbocycles. The fourth-order valence-corrected chi connectivity index (χ4v) is 1.97. The number of benzene rings is 1. The number of ketones is 1. The highest BCUT2D eigenvalue weighted by atomic mass is 16.1. The molecule has 1 aliphatic rings. The van der Waals surface area contributed by atoms with Crippen LogP contribution in [0.5, 0.6) is 0 Å². The van der Waals surface area contributed by atoms with Crippen molar-refractivity contribution in [2.24, 2.45) is 5.92 Å². The summed E-state index contributed by atoms with van der Waals surface area (Å²) in [5.41, 5.74) is 2.40. The molecule has 0 saturated heterocycles. The number of rotatable bonds is 3. The maximum absolute atomic E-state index is 11.7. The topological polar surface area (TPSA) is 17.1 Å². The summed E-state index contributed by atoms with van der Waals surface area (Å²) in [5, 5.41) is 0. The molecule has 0 radical (unpaired) electrons. The Balaban J connectivity index is 2.03. The summed E-state index contributed by atoms with van der Waals surface area (Å²) in [6.45, 7) is 3.94. The molecule has 1 fully saturated rings. The van der Waals surface area contributed by atoms with Crippen LogP contribution in [0, 0.1) is 5.92 Å². The van der Waals surface area contributed by atoms with Gasteiger partial charge in [0.15, 0.2) is 5.78 Å². The summed E-state index contributed by atoms with van der Waals surface area (Å²) in [5.74, 6) is 1.00. The second-order valence-corrected chi connectivity index (χ2v) is 4.48. The molecule has 0 amide bonds. The highest BCUT2D eigenvalue weighted by molar-refractivity contribution is 5.95. The second kappa shape index (κ2) is 4.01. The predicted molar refractivity (Wildman–Crippen MR) is 61.7 cm³/mol. The van der Waals surface area contributed by atoms with Crippen LogP contribution in [0.2, 0.25) is 0 Å². The molecule has 0 N–H and O–H groups in total. The fraction of sp³-hybridized carbons (Fsp3) is 0.357. The minimum Gasteiger partial charge on any atom is -0.295 e. The Labute approximate surface area is 90.8 Å². The first-order valence-corrected chi connectivity index (χ1v) is 5.42. The smallest absolute Gasteiger partial charge is 0.159 e. The number of carbonyl (C=O) groups excluding carboxylic acids is 1. The number of hydrogen-bond donors (Lipinski definition) is 0. The van der Waals surface area contributed by atoms with Crippen molar-refractivity contribution < 1.29 is 4.79 Å². The van der Waals surface area contributed by atoms with E-state index in [-0.39, 0.29) is 5.92 Å². The minimum absolute atomic E-state index is 0.238. The Bertz CT molecular complexity index is 385. The lowest BCUT2D eigenvalue weighted by Gasteiger charge is -1.97. The van der Waals surface area contributed by atoms with Gasteiger partial charge in [0.25, 0.3) is 0 Å². The van der Waals surface area contributed by atoms with Crippen LogP contribution < -0.4 is 0 Å². The van der Waals surface area contributed by atoms with Crippen LogP contribution >= 0.6 is 0 Å². The molecular weight excluding hydrogens is 184 g/mol. The standard InChI is InChI=1S/C14H16O/c1-10(2)8-14(15)13-9-12(13)11-6-4-3-5-7-11/h3-8,12-13H,9H2,1-2H3/t12-,13+/m0/s1. The zero-order valence-corrected chi connectivity index (χ0v) is 9.23. The van der Waals surface area contributed by atoms with Crippen molar-refractivity contribution >= 4 is 5.78 Å². The Morgan fingerprint density at radius 1 is 1.27 bits per heavy atom. The summed E-state index contributed by atoms with van der Waals surface area (Å²) in [6, 6.07) is 10.3. The van der Waals surface area contributed by atoms with Crippen LogP contribution in [-0.2, 0) is 4.79 Å². The van der Waals surface area contributed by atoms with Crippen LogP contribution in [0.15, 0.2) is 42.0 Å². The number of carbonyl (C=O) groups is 1. The third-order valence-corrected chi connectivity index (χ3v) is 2.81. The first-order valence-electron chi connectivity index (χ1n) is 5.42. The first kappa shape index (κ1) is 10.2. The van der Waals surface area contributed by atoms with E-state index in [2.05, 4.69) is 12.1 Å². The molecule has 0 bridgehead atoms.